The van der Waals surface area contributed by atoms with Gasteiger partial charge in [0.15, 0.2) is 0 Å². The highest BCUT2D eigenvalue weighted by Crippen LogP contribution is 2.51. The van der Waals surface area contributed by atoms with Gasteiger partial charge >= 0.3 is 12.1 Å². The normalized spacial score (nSPS) is 25.0. The molecule has 1 aliphatic rings. The lowest BCUT2D eigenvalue weighted by Gasteiger charge is -2.46. The van der Waals surface area contributed by atoms with E-state index in [0.717, 1.165) is 4.90 Å². The van der Waals surface area contributed by atoms with Crippen LogP contribution >= 0.6 is 0 Å². The Hall–Kier alpha value is -1.40. The third-order valence-corrected chi connectivity index (χ3v) is 4.13. The van der Waals surface area contributed by atoms with Gasteiger partial charge in [0, 0.05) is 12.8 Å². The summed E-state index contributed by atoms with van der Waals surface area (Å²) >= 11 is 0. The number of amides is 1. The molecule has 21 heavy (non-hydrogen) atoms. The molecule has 0 aromatic heterocycles. The highest BCUT2D eigenvalue weighted by atomic mass is 19.3. The predicted molar refractivity (Wildman–Crippen MR) is 72.3 cm³/mol. The van der Waals surface area contributed by atoms with Crippen LogP contribution < -0.4 is 0 Å². The molecule has 1 fully saturated rings. The van der Waals surface area contributed by atoms with E-state index in [0.29, 0.717) is 0 Å². The molecule has 0 aromatic carbocycles. The largest absolute Gasteiger partial charge is 0.466 e. The number of esters is 1. The molecule has 5 nitrogen and oxygen atoms in total. The zero-order chi connectivity index (χ0) is 16.5. The summed E-state index contributed by atoms with van der Waals surface area (Å²) in [5, 5.41) is 9.29. The average Bonchev–Trinajstić information content (AvgIpc) is 2.59. The quantitative estimate of drug-likeness (QED) is 0.810. The summed E-state index contributed by atoms with van der Waals surface area (Å²) in [5.41, 5.74) is -2.01. The third kappa shape index (κ3) is 3.63. The van der Waals surface area contributed by atoms with Crippen LogP contribution in [0.25, 0.3) is 0 Å². The number of carboxylic acid groups (broad SMARTS) is 1. The zero-order valence-electron chi connectivity index (χ0n) is 12.9. The minimum atomic E-state index is -3.08. The first-order chi connectivity index (χ1) is 9.45. The van der Waals surface area contributed by atoms with Gasteiger partial charge in [-0.25, -0.2) is 13.6 Å². The summed E-state index contributed by atoms with van der Waals surface area (Å²) in [6.07, 6.45) is -2.01. The van der Waals surface area contributed by atoms with E-state index in [4.69, 9.17) is 4.74 Å². The second-order valence-corrected chi connectivity index (χ2v) is 6.49. The van der Waals surface area contributed by atoms with Crippen LogP contribution in [0.5, 0.6) is 0 Å². The van der Waals surface area contributed by atoms with E-state index in [2.05, 4.69) is 0 Å². The van der Waals surface area contributed by atoms with Gasteiger partial charge in [0.05, 0.1) is 18.7 Å². The van der Waals surface area contributed by atoms with E-state index in [1.54, 1.807) is 27.7 Å². The molecule has 7 heteroatoms. The Morgan fingerprint density at radius 1 is 1.33 bits per heavy atom. The molecule has 0 aliphatic carbocycles. The van der Waals surface area contributed by atoms with Crippen LogP contribution in [-0.4, -0.2) is 46.7 Å². The van der Waals surface area contributed by atoms with Crippen molar-refractivity contribution in [1.29, 1.82) is 0 Å². The molecule has 0 aromatic rings. The number of hydrogen-bond donors (Lipinski definition) is 1. The Morgan fingerprint density at radius 2 is 1.90 bits per heavy atom. The van der Waals surface area contributed by atoms with Gasteiger partial charge in [-0.2, -0.15) is 0 Å². The van der Waals surface area contributed by atoms with E-state index in [-0.39, 0.29) is 19.4 Å². The smallest absolute Gasteiger partial charge is 0.407 e. The minimum Gasteiger partial charge on any atom is -0.466 e. The Morgan fingerprint density at radius 3 is 2.33 bits per heavy atom. The minimum absolute atomic E-state index is 0.0250. The van der Waals surface area contributed by atoms with Crippen LogP contribution in [0, 0.1) is 5.41 Å². The second kappa shape index (κ2) is 5.77. The fourth-order valence-corrected chi connectivity index (χ4v) is 3.02. The maximum absolute atomic E-state index is 13.8. The molecular weight excluding hydrogens is 284 g/mol. The molecule has 122 valence electrons. The number of carbonyl (C=O) groups is 2. The second-order valence-electron chi connectivity index (χ2n) is 6.49. The van der Waals surface area contributed by atoms with Crippen molar-refractivity contribution < 1.29 is 28.2 Å². The Bertz CT molecular complexity index is 420. The lowest BCUT2D eigenvalue weighted by atomic mass is 9.69. The van der Waals surface area contributed by atoms with Gasteiger partial charge in [-0.1, -0.05) is 20.8 Å². The molecule has 0 radical (unpaired) electrons. The molecule has 1 saturated heterocycles. The molecule has 1 unspecified atom stereocenters. The van der Waals surface area contributed by atoms with E-state index in [9.17, 15) is 23.5 Å². The summed E-state index contributed by atoms with van der Waals surface area (Å²) in [4.78, 5) is 23.7. The van der Waals surface area contributed by atoms with Crippen molar-refractivity contribution in [3.8, 4) is 0 Å². The maximum Gasteiger partial charge on any atom is 0.407 e. The van der Waals surface area contributed by atoms with Gasteiger partial charge in [-0.3, -0.25) is 9.69 Å². The molecule has 1 amide bonds. The van der Waals surface area contributed by atoms with Gasteiger partial charge in [-0.05, 0) is 18.8 Å². The van der Waals surface area contributed by atoms with E-state index < -0.39 is 41.9 Å². The summed E-state index contributed by atoms with van der Waals surface area (Å²) in [5.74, 6) is -3.58. The van der Waals surface area contributed by atoms with Gasteiger partial charge < -0.3 is 9.84 Å². The van der Waals surface area contributed by atoms with Crippen LogP contribution in [-0.2, 0) is 9.53 Å². The number of ether oxygens (including phenoxy) is 1. The molecule has 0 bridgehead atoms. The third-order valence-electron chi connectivity index (χ3n) is 4.13. The van der Waals surface area contributed by atoms with Crippen LogP contribution in [0.4, 0.5) is 13.6 Å². The van der Waals surface area contributed by atoms with Crippen molar-refractivity contribution in [1.82, 2.24) is 4.90 Å². The van der Waals surface area contributed by atoms with Crippen molar-refractivity contribution in [3.05, 3.63) is 0 Å². The number of likely N-dealkylation sites (tertiary alicyclic amines) is 1. The predicted octanol–water partition coefficient (Wildman–Crippen LogP) is 3.13. The first-order valence-electron chi connectivity index (χ1n) is 6.99. The molecule has 1 N–H and O–H groups in total. The van der Waals surface area contributed by atoms with Crippen LogP contribution in [0.15, 0.2) is 0 Å². The first kappa shape index (κ1) is 17.7. The van der Waals surface area contributed by atoms with Crippen molar-refractivity contribution >= 4 is 12.1 Å². The monoisotopic (exact) mass is 307 g/mol. The lowest BCUT2D eigenvalue weighted by Crippen LogP contribution is -2.55. The number of halogens is 2. The lowest BCUT2D eigenvalue weighted by molar-refractivity contribution is -0.144. The summed E-state index contributed by atoms with van der Waals surface area (Å²) < 4.78 is 32.5. The van der Waals surface area contributed by atoms with Gasteiger partial charge in [0.1, 0.15) is 0 Å². The van der Waals surface area contributed by atoms with Crippen molar-refractivity contribution in [3.63, 3.8) is 0 Å². The zero-order valence-corrected chi connectivity index (χ0v) is 12.9. The molecule has 1 heterocycles. The average molecular weight is 307 g/mol. The summed E-state index contributed by atoms with van der Waals surface area (Å²) in [6, 6.07) is 0. The first-order valence-corrected chi connectivity index (χ1v) is 6.99. The van der Waals surface area contributed by atoms with Gasteiger partial charge in [0.25, 0.3) is 5.92 Å². The SMILES string of the molecule is CCOC(=O)CCC1(C(C)(C)C)CC(F)(F)CN1C(=O)O. The highest BCUT2D eigenvalue weighted by Gasteiger charge is 2.61. The molecule has 0 spiro atoms. The fourth-order valence-electron chi connectivity index (χ4n) is 3.02. The van der Waals surface area contributed by atoms with Crippen LogP contribution in [0.2, 0.25) is 0 Å². The summed E-state index contributed by atoms with van der Waals surface area (Å²) in [6.45, 7) is 6.19. The van der Waals surface area contributed by atoms with Crippen molar-refractivity contribution in [2.75, 3.05) is 13.2 Å². The molecule has 0 saturated carbocycles. The standard InChI is InChI=1S/C14H23F2NO4/c1-5-21-10(18)6-7-13(12(2,3)4)8-14(15,16)9-17(13)11(19)20/h5-9H2,1-4H3,(H,19,20). The topological polar surface area (TPSA) is 66.8 Å². The van der Waals surface area contributed by atoms with Crippen LogP contribution in [0.1, 0.15) is 47.0 Å². The molecule has 1 rings (SSSR count). The van der Waals surface area contributed by atoms with Gasteiger partial charge in [-0.15, -0.1) is 0 Å². The number of hydrogen-bond acceptors (Lipinski definition) is 3. The highest BCUT2D eigenvalue weighted by molar-refractivity contribution is 5.70. The number of alkyl halides is 2. The number of nitrogens with zero attached hydrogens (tertiary/aromatic N) is 1. The van der Waals surface area contributed by atoms with Crippen molar-refractivity contribution in [2.45, 2.75) is 58.4 Å². The maximum atomic E-state index is 13.8. The number of carbonyl (C=O) groups excluding carboxylic acids is 1. The fraction of sp³-hybridized carbons (Fsp3) is 0.857. The van der Waals surface area contributed by atoms with Crippen LogP contribution in [0.3, 0.4) is 0 Å². The van der Waals surface area contributed by atoms with E-state index in [1.807, 2.05) is 0 Å². The Balaban J connectivity index is 3.09. The van der Waals surface area contributed by atoms with Gasteiger partial charge in [0.2, 0.25) is 0 Å². The molecular formula is C14H23F2NO4. The Labute approximate surface area is 123 Å². The number of rotatable bonds is 4. The van der Waals surface area contributed by atoms with Crippen molar-refractivity contribution in [2.24, 2.45) is 5.41 Å². The molecule has 1 aliphatic heterocycles. The van der Waals surface area contributed by atoms with E-state index in [1.165, 1.54) is 0 Å². The Kier molecular flexibility index (Phi) is 4.85. The molecule has 1 atom stereocenters. The summed E-state index contributed by atoms with van der Waals surface area (Å²) in [7, 11) is 0. The van der Waals surface area contributed by atoms with E-state index >= 15 is 0 Å².